The summed E-state index contributed by atoms with van der Waals surface area (Å²) in [6, 6.07) is 16.7. The number of rotatable bonds is 5. The fourth-order valence-corrected chi connectivity index (χ4v) is 5.24. The van der Waals surface area contributed by atoms with E-state index in [1.807, 2.05) is 17.0 Å². The lowest BCUT2D eigenvalue weighted by Crippen LogP contribution is -2.49. The highest BCUT2D eigenvalue weighted by Crippen LogP contribution is 2.41. The SMILES string of the molecule is COc1ccc(C(c2ccccc2)C2CCN(C(=O)N3CCCCNC(=O)COC3)CC2)cc1OC. The molecule has 36 heavy (non-hydrogen) atoms. The van der Waals surface area contributed by atoms with Crippen LogP contribution in [-0.2, 0) is 9.53 Å². The molecule has 2 aliphatic heterocycles. The lowest BCUT2D eigenvalue weighted by atomic mass is 9.76. The Kier molecular flexibility index (Phi) is 9.06. The Morgan fingerprint density at radius 1 is 0.944 bits per heavy atom. The number of nitrogens with zero attached hydrogens (tertiary/aromatic N) is 2. The number of amides is 3. The van der Waals surface area contributed by atoms with Gasteiger partial charge in [-0.1, -0.05) is 36.4 Å². The molecule has 2 aromatic carbocycles. The molecule has 0 saturated carbocycles. The summed E-state index contributed by atoms with van der Waals surface area (Å²) in [5, 5.41) is 2.82. The highest BCUT2D eigenvalue weighted by atomic mass is 16.5. The van der Waals surface area contributed by atoms with E-state index in [0.717, 1.165) is 31.4 Å². The summed E-state index contributed by atoms with van der Waals surface area (Å²) in [7, 11) is 3.31. The second-order valence-electron chi connectivity index (χ2n) is 9.41. The predicted octanol–water partition coefficient (Wildman–Crippen LogP) is 3.85. The van der Waals surface area contributed by atoms with E-state index in [9.17, 15) is 9.59 Å². The summed E-state index contributed by atoms with van der Waals surface area (Å²) >= 11 is 0. The highest BCUT2D eigenvalue weighted by Gasteiger charge is 2.32. The third-order valence-corrected chi connectivity index (χ3v) is 7.13. The van der Waals surface area contributed by atoms with E-state index in [0.29, 0.717) is 37.8 Å². The van der Waals surface area contributed by atoms with Gasteiger partial charge in [0, 0.05) is 32.1 Å². The number of urea groups is 1. The van der Waals surface area contributed by atoms with Gasteiger partial charge in [0.25, 0.3) is 0 Å². The molecule has 2 saturated heterocycles. The molecule has 0 bridgehead atoms. The van der Waals surface area contributed by atoms with Crippen molar-refractivity contribution >= 4 is 11.9 Å². The number of hydrogen-bond acceptors (Lipinski definition) is 5. The number of ether oxygens (including phenoxy) is 3. The van der Waals surface area contributed by atoms with E-state index in [2.05, 4.69) is 41.7 Å². The lowest BCUT2D eigenvalue weighted by Gasteiger charge is -2.39. The van der Waals surface area contributed by atoms with Crippen LogP contribution in [0.25, 0.3) is 0 Å². The van der Waals surface area contributed by atoms with Crippen molar-refractivity contribution in [1.29, 1.82) is 0 Å². The van der Waals surface area contributed by atoms with Gasteiger partial charge in [0.05, 0.1) is 14.2 Å². The number of nitrogens with one attached hydrogen (secondary N) is 1. The highest BCUT2D eigenvalue weighted by molar-refractivity contribution is 5.77. The Morgan fingerprint density at radius 3 is 2.42 bits per heavy atom. The van der Waals surface area contributed by atoms with Crippen molar-refractivity contribution in [1.82, 2.24) is 15.1 Å². The van der Waals surface area contributed by atoms with Crippen molar-refractivity contribution in [3.63, 3.8) is 0 Å². The molecule has 194 valence electrons. The average Bonchev–Trinajstić information content (AvgIpc) is 2.92. The molecule has 2 aromatic rings. The van der Waals surface area contributed by atoms with Crippen molar-refractivity contribution in [2.75, 3.05) is 53.7 Å². The topological polar surface area (TPSA) is 80.3 Å². The number of methoxy groups -OCH3 is 2. The maximum atomic E-state index is 13.3. The first-order chi connectivity index (χ1) is 17.6. The van der Waals surface area contributed by atoms with Gasteiger partial charge < -0.3 is 29.3 Å². The standard InChI is InChI=1S/C28H37N3O5/c1-34-24-11-10-23(18-25(24)35-2)27(21-8-4-3-5-9-21)22-12-16-30(17-13-22)28(33)31-15-7-6-14-29-26(32)19-36-20-31/h3-5,8-11,18,22,27H,6-7,12-17,19-20H2,1-2H3,(H,29,32). The minimum atomic E-state index is -0.132. The van der Waals surface area contributed by atoms with Crippen LogP contribution in [0.4, 0.5) is 4.79 Å². The van der Waals surface area contributed by atoms with Gasteiger partial charge in [0.1, 0.15) is 13.3 Å². The van der Waals surface area contributed by atoms with Gasteiger partial charge in [0.2, 0.25) is 5.91 Å². The van der Waals surface area contributed by atoms with Gasteiger partial charge >= 0.3 is 6.03 Å². The summed E-state index contributed by atoms with van der Waals surface area (Å²) in [5.74, 6) is 1.88. The van der Waals surface area contributed by atoms with Gasteiger partial charge in [-0.15, -0.1) is 0 Å². The molecule has 0 aromatic heterocycles. The van der Waals surface area contributed by atoms with Crippen molar-refractivity contribution in [2.24, 2.45) is 5.92 Å². The number of likely N-dealkylation sites (tertiary alicyclic amines) is 1. The smallest absolute Gasteiger partial charge is 0.321 e. The van der Waals surface area contributed by atoms with Gasteiger partial charge in [-0.3, -0.25) is 4.79 Å². The molecular formula is C28H37N3O5. The third-order valence-electron chi connectivity index (χ3n) is 7.13. The number of benzene rings is 2. The molecule has 0 aliphatic carbocycles. The number of carbonyl (C=O) groups excluding carboxylic acids is 2. The zero-order chi connectivity index (χ0) is 25.3. The Bertz CT molecular complexity index is 1010. The fraction of sp³-hybridized carbons (Fsp3) is 0.500. The molecule has 1 N–H and O–H groups in total. The quantitative estimate of drug-likeness (QED) is 0.682. The number of piperidine rings is 1. The first-order valence-electron chi connectivity index (χ1n) is 12.8. The summed E-state index contributed by atoms with van der Waals surface area (Å²) in [5.41, 5.74) is 2.45. The Labute approximate surface area is 213 Å². The van der Waals surface area contributed by atoms with Gasteiger partial charge in [-0.05, 0) is 54.9 Å². The molecule has 2 aliphatic rings. The minimum absolute atomic E-state index is 0.00295. The van der Waals surface area contributed by atoms with Crippen LogP contribution in [-0.4, -0.2) is 75.5 Å². The summed E-state index contributed by atoms with van der Waals surface area (Å²) in [4.78, 5) is 28.7. The van der Waals surface area contributed by atoms with Gasteiger partial charge in [-0.25, -0.2) is 4.79 Å². The molecule has 3 amide bonds. The van der Waals surface area contributed by atoms with Gasteiger partial charge in [0.15, 0.2) is 11.5 Å². The van der Waals surface area contributed by atoms with Crippen LogP contribution < -0.4 is 14.8 Å². The lowest BCUT2D eigenvalue weighted by molar-refractivity contribution is -0.127. The molecule has 4 rings (SSSR count). The second kappa shape index (κ2) is 12.6. The van der Waals surface area contributed by atoms with Crippen LogP contribution in [0, 0.1) is 5.92 Å². The molecule has 1 unspecified atom stereocenters. The van der Waals surface area contributed by atoms with E-state index in [-0.39, 0.29) is 31.2 Å². The normalized spacial score (nSPS) is 18.8. The Balaban J connectivity index is 1.46. The molecule has 8 nitrogen and oxygen atoms in total. The van der Waals surface area contributed by atoms with Crippen LogP contribution >= 0.6 is 0 Å². The summed E-state index contributed by atoms with van der Waals surface area (Å²) in [6.45, 7) is 2.76. The average molecular weight is 496 g/mol. The van der Waals surface area contributed by atoms with E-state index < -0.39 is 0 Å². The van der Waals surface area contributed by atoms with Crippen LogP contribution in [0.15, 0.2) is 48.5 Å². The van der Waals surface area contributed by atoms with E-state index in [4.69, 9.17) is 14.2 Å². The summed E-state index contributed by atoms with van der Waals surface area (Å²) < 4.78 is 16.5. The van der Waals surface area contributed by atoms with Crippen molar-refractivity contribution in [3.05, 3.63) is 59.7 Å². The van der Waals surface area contributed by atoms with Crippen LogP contribution in [0.3, 0.4) is 0 Å². The van der Waals surface area contributed by atoms with E-state index >= 15 is 0 Å². The van der Waals surface area contributed by atoms with Crippen LogP contribution in [0.5, 0.6) is 11.5 Å². The third kappa shape index (κ3) is 6.29. The zero-order valence-corrected chi connectivity index (χ0v) is 21.3. The van der Waals surface area contributed by atoms with E-state index in [1.165, 1.54) is 11.1 Å². The van der Waals surface area contributed by atoms with Crippen LogP contribution in [0.1, 0.15) is 42.7 Å². The van der Waals surface area contributed by atoms with Crippen molar-refractivity contribution < 1.29 is 23.8 Å². The second-order valence-corrected chi connectivity index (χ2v) is 9.41. The Hall–Kier alpha value is -3.26. The molecule has 8 heteroatoms. The van der Waals surface area contributed by atoms with Crippen LogP contribution in [0.2, 0.25) is 0 Å². The molecule has 0 spiro atoms. The van der Waals surface area contributed by atoms with Crippen molar-refractivity contribution in [2.45, 2.75) is 31.6 Å². The number of hydrogen-bond donors (Lipinski definition) is 1. The molecule has 2 heterocycles. The largest absolute Gasteiger partial charge is 0.493 e. The molecule has 1 atom stereocenters. The maximum absolute atomic E-state index is 13.3. The summed E-state index contributed by atoms with van der Waals surface area (Å²) in [6.07, 6.45) is 3.48. The first-order valence-corrected chi connectivity index (χ1v) is 12.8. The predicted molar refractivity (Wildman–Crippen MR) is 137 cm³/mol. The van der Waals surface area contributed by atoms with Gasteiger partial charge in [-0.2, -0.15) is 0 Å². The first kappa shape index (κ1) is 25.8. The molecular weight excluding hydrogens is 458 g/mol. The Morgan fingerprint density at radius 2 is 1.69 bits per heavy atom. The zero-order valence-electron chi connectivity index (χ0n) is 21.3. The van der Waals surface area contributed by atoms with E-state index in [1.54, 1.807) is 19.1 Å². The number of carbonyl (C=O) groups is 2. The maximum Gasteiger partial charge on any atom is 0.321 e. The monoisotopic (exact) mass is 495 g/mol. The fourth-order valence-electron chi connectivity index (χ4n) is 5.24. The molecule has 2 fully saturated rings. The minimum Gasteiger partial charge on any atom is -0.493 e. The van der Waals surface area contributed by atoms with Crippen molar-refractivity contribution in [3.8, 4) is 11.5 Å². The molecule has 0 radical (unpaired) electrons.